The second-order valence-electron chi connectivity index (χ2n) is 7.76. The molecule has 0 aliphatic carbocycles. The Kier molecular flexibility index (Phi) is 7.81. The van der Waals surface area contributed by atoms with Crippen LogP contribution in [0.5, 0.6) is 5.75 Å². The number of nitrogens with two attached hydrogens (primary N) is 1. The number of fused-ring (bicyclic) bond motifs is 1. The fourth-order valence-electron chi connectivity index (χ4n) is 3.30. The summed E-state index contributed by atoms with van der Waals surface area (Å²) < 4.78 is 59.2. The molecule has 0 atom stereocenters. The topological polar surface area (TPSA) is 111 Å². The van der Waals surface area contributed by atoms with Gasteiger partial charge in [0.25, 0.3) is 11.8 Å². The molecule has 0 spiro atoms. The lowest BCUT2D eigenvalue weighted by atomic mass is 9.52. The largest absolute Gasteiger partial charge is 0.514 e. The first kappa shape index (κ1) is 27.5. The van der Waals surface area contributed by atoms with E-state index in [0.29, 0.717) is 0 Å². The van der Waals surface area contributed by atoms with Gasteiger partial charge in [-0.3, -0.25) is 9.59 Å². The number of imidazole rings is 1. The predicted octanol–water partition coefficient (Wildman–Crippen LogP) is 1.16. The molecule has 4 N–H and O–H groups in total. The minimum absolute atomic E-state index is 0.00158. The van der Waals surface area contributed by atoms with Crippen LogP contribution in [0.4, 0.5) is 23.2 Å². The number of rotatable bonds is 7. The van der Waals surface area contributed by atoms with E-state index in [4.69, 9.17) is 34.0 Å². The van der Waals surface area contributed by atoms with Gasteiger partial charge in [0.2, 0.25) is 0 Å². The van der Waals surface area contributed by atoms with Gasteiger partial charge in [0, 0.05) is 18.7 Å². The van der Waals surface area contributed by atoms with Crippen LogP contribution in [-0.4, -0.2) is 70.0 Å². The Bertz CT molecular complexity index is 1430. The van der Waals surface area contributed by atoms with Gasteiger partial charge in [0.1, 0.15) is 47.2 Å². The van der Waals surface area contributed by atoms with Gasteiger partial charge in [-0.15, -0.1) is 0 Å². The molecule has 184 valence electrons. The Morgan fingerprint density at radius 3 is 2.46 bits per heavy atom. The van der Waals surface area contributed by atoms with Crippen molar-refractivity contribution in [1.29, 1.82) is 0 Å². The Morgan fingerprint density at radius 1 is 1.16 bits per heavy atom. The van der Waals surface area contributed by atoms with Crippen LogP contribution in [-0.2, 0) is 6.54 Å². The number of primary amides is 1. The van der Waals surface area contributed by atoms with Crippen molar-refractivity contribution in [3.05, 3.63) is 53.1 Å². The van der Waals surface area contributed by atoms with Crippen molar-refractivity contribution in [2.24, 2.45) is 5.73 Å². The summed E-state index contributed by atoms with van der Waals surface area (Å²) in [5.74, 6) is 2.69. The van der Waals surface area contributed by atoms with E-state index in [9.17, 15) is 27.2 Å². The van der Waals surface area contributed by atoms with Crippen LogP contribution in [0.25, 0.3) is 11.0 Å². The van der Waals surface area contributed by atoms with Crippen molar-refractivity contribution < 1.29 is 31.9 Å². The third-order valence-electron chi connectivity index (χ3n) is 4.77. The highest BCUT2D eigenvalue weighted by atomic mass is 19.4. The summed E-state index contributed by atoms with van der Waals surface area (Å²) in [5, 5.41) is 2.86. The highest BCUT2D eigenvalue weighted by Crippen LogP contribution is 2.30. The SMILES string of the molecule is [B]C([B])([B])Oc1cc(C(=O)NC)c(F)cc1NCC#Cc1cc(C(N)=O)c2ncn(CC(F)(F)F)c2c1. The first-order chi connectivity index (χ1) is 17.2. The van der Waals surface area contributed by atoms with Crippen molar-refractivity contribution >= 4 is 52.1 Å². The van der Waals surface area contributed by atoms with Gasteiger partial charge in [0.15, 0.2) is 0 Å². The number of benzene rings is 2. The van der Waals surface area contributed by atoms with E-state index in [1.54, 1.807) is 0 Å². The first-order valence-electron chi connectivity index (χ1n) is 10.4. The maximum atomic E-state index is 14.4. The fourth-order valence-corrected chi connectivity index (χ4v) is 3.30. The normalized spacial score (nSPS) is 11.5. The number of carbonyl (C=O) groups excluding carboxylic acids is 2. The second kappa shape index (κ2) is 10.5. The number of hydrogen-bond acceptors (Lipinski definition) is 5. The Balaban J connectivity index is 1.91. The van der Waals surface area contributed by atoms with Crippen molar-refractivity contribution in [1.82, 2.24) is 14.9 Å². The number of hydrogen-bond donors (Lipinski definition) is 3. The molecule has 0 saturated carbocycles. The summed E-state index contributed by atoms with van der Waals surface area (Å²) in [6, 6.07) is 4.60. The Hall–Kier alpha value is -4.08. The second-order valence-corrected chi connectivity index (χ2v) is 7.76. The van der Waals surface area contributed by atoms with Crippen LogP contribution in [0.1, 0.15) is 26.3 Å². The van der Waals surface area contributed by atoms with E-state index in [2.05, 4.69) is 27.5 Å². The lowest BCUT2D eigenvalue weighted by Crippen LogP contribution is -2.38. The quantitative estimate of drug-likeness (QED) is 0.253. The summed E-state index contributed by atoms with van der Waals surface area (Å²) in [7, 11) is 17.7. The number of carbonyl (C=O) groups is 2. The molecular formula is C22H16B3F4N5O3. The summed E-state index contributed by atoms with van der Waals surface area (Å²) >= 11 is 0. The van der Waals surface area contributed by atoms with Gasteiger partial charge < -0.3 is 25.7 Å². The minimum Gasteiger partial charge on any atom is -0.514 e. The van der Waals surface area contributed by atoms with E-state index >= 15 is 0 Å². The summed E-state index contributed by atoms with van der Waals surface area (Å²) in [5.41, 5.74) is 5.09. The number of halogens is 4. The molecule has 1 heterocycles. The van der Waals surface area contributed by atoms with Gasteiger partial charge in [-0.05, 0) is 23.5 Å². The van der Waals surface area contributed by atoms with Gasteiger partial charge >= 0.3 is 6.18 Å². The van der Waals surface area contributed by atoms with Gasteiger partial charge in [-0.1, -0.05) is 11.8 Å². The fraction of sp³-hybridized carbons (Fsp3) is 0.227. The molecule has 3 aromatic rings. The summed E-state index contributed by atoms with van der Waals surface area (Å²) in [6.07, 6.45) is -3.57. The number of nitrogens with one attached hydrogen (secondary N) is 2. The number of anilines is 1. The van der Waals surface area contributed by atoms with Crippen LogP contribution in [0.15, 0.2) is 30.6 Å². The van der Waals surface area contributed by atoms with E-state index in [1.807, 2.05) is 0 Å². The molecule has 3 rings (SSSR count). The number of nitrogens with zero attached hydrogens (tertiary/aromatic N) is 2. The standard InChI is InChI=1S/C22H16B3F4N5O3/c1-31-20(36)12-7-17(37-22(23,24)25)15(8-14(12)26)32-4-2-3-11-5-13(19(30)35)18-16(6-11)34(10-33-18)9-21(27,28)29/h5-8,10,32H,4,9H2,1H3,(H2,30,35)(H,31,36). The molecule has 0 unspecified atom stereocenters. The van der Waals surface area contributed by atoms with Crippen molar-refractivity contribution in [3.8, 4) is 17.6 Å². The average molecular weight is 507 g/mol. The van der Waals surface area contributed by atoms with Gasteiger partial charge in [0.05, 0.1) is 35.2 Å². The molecule has 0 aliphatic heterocycles. The molecule has 0 bridgehead atoms. The maximum absolute atomic E-state index is 14.4. The average Bonchev–Trinajstić information content (AvgIpc) is 3.17. The van der Waals surface area contributed by atoms with Crippen LogP contribution in [0.2, 0.25) is 0 Å². The minimum atomic E-state index is -4.53. The summed E-state index contributed by atoms with van der Waals surface area (Å²) in [4.78, 5) is 27.6. The number of aromatic nitrogens is 2. The molecule has 6 radical (unpaired) electrons. The molecule has 0 saturated heterocycles. The number of ether oxygens (including phenoxy) is 1. The molecule has 2 amide bonds. The summed E-state index contributed by atoms with van der Waals surface area (Å²) in [6.45, 7) is -1.47. The third-order valence-corrected chi connectivity index (χ3v) is 4.77. The predicted molar refractivity (Wildman–Crippen MR) is 130 cm³/mol. The lowest BCUT2D eigenvalue weighted by Gasteiger charge is -2.25. The van der Waals surface area contributed by atoms with Crippen LogP contribution in [0.3, 0.4) is 0 Å². The molecule has 8 nitrogen and oxygen atoms in total. The van der Waals surface area contributed by atoms with Crippen LogP contribution >= 0.6 is 0 Å². The molecule has 15 heteroatoms. The molecule has 0 aliphatic rings. The zero-order valence-corrected chi connectivity index (χ0v) is 19.2. The van der Waals surface area contributed by atoms with Crippen molar-refractivity contribution in [3.63, 3.8) is 0 Å². The highest BCUT2D eigenvalue weighted by Gasteiger charge is 2.29. The molecule has 37 heavy (non-hydrogen) atoms. The van der Waals surface area contributed by atoms with Crippen LogP contribution in [0, 0.1) is 17.7 Å². The van der Waals surface area contributed by atoms with E-state index in [0.717, 1.165) is 23.0 Å². The molecule has 0 fully saturated rings. The zero-order valence-electron chi connectivity index (χ0n) is 19.2. The Labute approximate surface area is 212 Å². The molecular weight excluding hydrogens is 491 g/mol. The number of amides is 2. The Morgan fingerprint density at radius 2 is 1.86 bits per heavy atom. The first-order valence-corrected chi connectivity index (χ1v) is 10.4. The van der Waals surface area contributed by atoms with Crippen LogP contribution < -0.4 is 21.1 Å². The third kappa shape index (κ3) is 7.00. The van der Waals surface area contributed by atoms with Crippen molar-refractivity contribution in [2.45, 2.75) is 18.0 Å². The van der Waals surface area contributed by atoms with Crippen molar-refractivity contribution in [2.75, 3.05) is 18.9 Å². The van der Waals surface area contributed by atoms with E-state index in [1.165, 1.54) is 19.2 Å². The number of alkyl halides is 3. The van der Waals surface area contributed by atoms with Gasteiger partial charge in [-0.2, -0.15) is 13.2 Å². The molecule has 1 aromatic heterocycles. The van der Waals surface area contributed by atoms with E-state index in [-0.39, 0.29) is 45.7 Å². The van der Waals surface area contributed by atoms with Gasteiger partial charge in [-0.25, -0.2) is 9.37 Å². The monoisotopic (exact) mass is 507 g/mol. The molecule has 2 aromatic carbocycles. The zero-order chi connectivity index (χ0) is 27.5. The lowest BCUT2D eigenvalue weighted by molar-refractivity contribution is -0.139. The smallest absolute Gasteiger partial charge is 0.406 e. The van der Waals surface area contributed by atoms with E-state index < -0.39 is 35.7 Å². The maximum Gasteiger partial charge on any atom is 0.406 e. The highest BCUT2D eigenvalue weighted by molar-refractivity contribution is 6.58.